The van der Waals surface area contributed by atoms with Crippen LogP contribution in [-0.4, -0.2) is 30.9 Å². The summed E-state index contributed by atoms with van der Waals surface area (Å²) in [6.45, 7) is 0. The van der Waals surface area contributed by atoms with Gasteiger partial charge in [0.15, 0.2) is 15.0 Å². The van der Waals surface area contributed by atoms with E-state index in [1.54, 1.807) is 6.20 Å². The molecule has 0 radical (unpaired) electrons. The van der Waals surface area contributed by atoms with Gasteiger partial charge in [-0.3, -0.25) is 0 Å². The Bertz CT molecular complexity index is 440. The third-order valence-electron chi connectivity index (χ3n) is 2.31. The highest BCUT2D eigenvalue weighted by atomic mass is 32.2. The Morgan fingerprint density at radius 3 is 3.00 bits per heavy atom. The summed E-state index contributed by atoms with van der Waals surface area (Å²) in [5.74, 6) is 0.512. The molecule has 1 aromatic rings. The zero-order chi connectivity index (χ0) is 10.9. The summed E-state index contributed by atoms with van der Waals surface area (Å²) in [7, 11) is -2.86. The summed E-state index contributed by atoms with van der Waals surface area (Å²) in [4.78, 5) is 4.05. The van der Waals surface area contributed by atoms with Crippen LogP contribution < -0.4 is 11.1 Å². The van der Waals surface area contributed by atoms with Gasteiger partial charge in [0.1, 0.15) is 5.00 Å². The van der Waals surface area contributed by atoms with E-state index >= 15 is 0 Å². The molecule has 0 spiro atoms. The van der Waals surface area contributed by atoms with Crippen LogP contribution in [0.3, 0.4) is 0 Å². The highest BCUT2D eigenvalue weighted by Crippen LogP contribution is 2.23. The van der Waals surface area contributed by atoms with Crippen molar-refractivity contribution in [3.05, 3.63) is 6.20 Å². The van der Waals surface area contributed by atoms with Gasteiger partial charge in [0.25, 0.3) is 0 Å². The van der Waals surface area contributed by atoms with Crippen molar-refractivity contribution in [2.45, 2.75) is 18.9 Å². The molecule has 1 atom stereocenters. The van der Waals surface area contributed by atoms with E-state index in [1.165, 1.54) is 11.3 Å². The SMILES string of the molecule is Nc1cnc(NC2CCCS(=O)(=O)C2)s1. The Balaban J connectivity index is 2.01. The fourth-order valence-electron chi connectivity index (χ4n) is 1.66. The van der Waals surface area contributed by atoms with Gasteiger partial charge >= 0.3 is 0 Å². The quantitative estimate of drug-likeness (QED) is 0.804. The van der Waals surface area contributed by atoms with Crippen molar-refractivity contribution in [2.24, 2.45) is 0 Å². The van der Waals surface area contributed by atoms with Crippen molar-refractivity contribution >= 4 is 31.3 Å². The van der Waals surface area contributed by atoms with E-state index in [2.05, 4.69) is 10.3 Å². The monoisotopic (exact) mass is 247 g/mol. The molecule has 1 aromatic heterocycles. The van der Waals surface area contributed by atoms with Crippen molar-refractivity contribution in [1.82, 2.24) is 4.98 Å². The van der Waals surface area contributed by atoms with Gasteiger partial charge in [0.05, 0.1) is 17.7 Å². The fraction of sp³-hybridized carbons (Fsp3) is 0.625. The van der Waals surface area contributed by atoms with Gasteiger partial charge in [-0.2, -0.15) is 0 Å². The molecule has 1 saturated heterocycles. The van der Waals surface area contributed by atoms with Gasteiger partial charge < -0.3 is 11.1 Å². The first kappa shape index (κ1) is 10.7. The summed E-state index contributed by atoms with van der Waals surface area (Å²) < 4.78 is 22.7. The molecule has 0 aliphatic carbocycles. The number of nitrogen functional groups attached to an aromatic ring is 1. The first-order valence-corrected chi connectivity index (χ1v) is 7.37. The Hall–Kier alpha value is -0.820. The number of thiazole rings is 1. The second kappa shape index (κ2) is 3.97. The second-order valence-electron chi connectivity index (χ2n) is 3.67. The summed E-state index contributed by atoms with van der Waals surface area (Å²) in [5.41, 5.74) is 5.53. The zero-order valence-corrected chi connectivity index (χ0v) is 9.77. The van der Waals surface area contributed by atoms with E-state index in [-0.39, 0.29) is 11.8 Å². The smallest absolute Gasteiger partial charge is 0.184 e. The first-order valence-electron chi connectivity index (χ1n) is 4.73. The Kier molecular flexibility index (Phi) is 2.83. The standard InChI is InChI=1S/C8H13N3O2S2/c9-7-4-10-8(14-7)11-6-2-1-3-15(12,13)5-6/h4,6H,1-3,5,9H2,(H,10,11). The minimum atomic E-state index is -2.86. The number of anilines is 2. The highest BCUT2D eigenvalue weighted by molar-refractivity contribution is 7.91. The number of nitrogens with zero attached hydrogens (tertiary/aromatic N) is 1. The average Bonchev–Trinajstić information content (AvgIpc) is 2.49. The molecule has 1 aliphatic rings. The lowest BCUT2D eigenvalue weighted by Crippen LogP contribution is -2.34. The number of hydrogen-bond acceptors (Lipinski definition) is 6. The molecule has 0 aromatic carbocycles. The minimum Gasteiger partial charge on any atom is -0.389 e. The molecule has 15 heavy (non-hydrogen) atoms. The number of nitrogens with two attached hydrogens (primary N) is 1. The summed E-state index contributed by atoms with van der Waals surface area (Å²) in [6.07, 6.45) is 3.17. The lowest BCUT2D eigenvalue weighted by molar-refractivity contribution is 0.562. The lowest BCUT2D eigenvalue weighted by Gasteiger charge is -2.22. The average molecular weight is 247 g/mol. The van der Waals surface area contributed by atoms with E-state index in [1.807, 2.05) is 0 Å². The molecule has 1 unspecified atom stereocenters. The molecule has 1 aliphatic heterocycles. The van der Waals surface area contributed by atoms with E-state index in [4.69, 9.17) is 5.73 Å². The number of nitrogens with one attached hydrogen (secondary N) is 1. The maximum Gasteiger partial charge on any atom is 0.184 e. The van der Waals surface area contributed by atoms with Crippen molar-refractivity contribution in [3.8, 4) is 0 Å². The van der Waals surface area contributed by atoms with Crippen molar-refractivity contribution in [1.29, 1.82) is 0 Å². The molecule has 1 fully saturated rings. The summed E-state index contributed by atoms with van der Waals surface area (Å²) in [5, 5.41) is 4.44. The maximum atomic E-state index is 11.4. The van der Waals surface area contributed by atoms with Crippen molar-refractivity contribution < 1.29 is 8.42 Å². The van der Waals surface area contributed by atoms with Crippen molar-refractivity contribution in [2.75, 3.05) is 22.6 Å². The van der Waals surface area contributed by atoms with E-state index < -0.39 is 9.84 Å². The molecule has 0 amide bonds. The predicted octanol–water partition coefficient (Wildman–Crippen LogP) is 0.714. The van der Waals surface area contributed by atoms with Crippen LogP contribution in [0, 0.1) is 0 Å². The van der Waals surface area contributed by atoms with Crippen LogP contribution in [0.2, 0.25) is 0 Å². The molecule has 0 saturated carbocycles. The number of rotatable bonds is 2. The molecule has 2 rings (SSSR count). The van der Waals surface area contributed by atoms with E-state index in [0.29, 0.717) is 15.9 Å². The molecule has 5 nitrogen and oxygen atoms in total. The second-order valence-corrected chi connectivity index (χ2v) is 6.96. The topological polar surface area (TPSA) is 85.1 Å². The third kappa shape index (κ3) is 2.82. The van der Waals surface area contributed by atoms with Crippen LogP contribution in [0.4, 0.5) is 10.1 Å². The summed E-state index contributed by atoms with van der Waals surface area (Å²) in [6, 6.07) is -0.0192. The Labute approximate surface area is 92.6 Å². The van der Waals surface area contributed by atoms with Gasteiger partial charge in [-0.25, -0.2) is 13.4 Å². The largest absolute Gasteiger partial charge is 0.389 e. The third-order valence-corrected chi connectivity index (χ3v) is 4.89. The summed E-state index contributed by atoms with van der Waals surface area (Å²) >= 11 is 1.34. The Morgan fingerprint density at radius 2 is 2.40 bits per heavy atom. The molecule has 84 valence electrons. The lowest BCUT2D eigenvalue weighted by atomic mass is 10.2. The van der Waals surface area contributed by atoms with Gasteiger partial charge in [0.2, 0.25) is 0 Å². The van der Waals surface area contributed by atoms with Crippen LogP contribution in [0.5, 0.6) is 0 Å². The van der Waals surface area contributed by atoms with Crippen LogP contribution in [-0.2, 0) is 9.84 Å². The van der Waals surface area contributed by atoms with Gasteiger partial charge in [-0.15, -0.1) is 0 Å². The van der Waals surface area contributed by atoms with Crippen LogP contribution in [0.15, 0.2) is 6.20 Å². The normalized spacial score (nSPS) is 24.9. The maximum absolute atomic E-state index is 11.4. The fourth-order valence-corrected chi connectivity index (χ4v) is 3.96. The molecule has 0 bridgehead atoms. The van der Waals surface area contributed by atoms with Crippen molar-refractivity contribution in [3.63, 3.8) is 0 Å². The van der Waals surface area contributed by atoms with Crippen LogP contribution in [0.1, 0.15) is 12.8 Å². The van der Waals surface area contributed by atoms with Gasteiger partial charge in [0, 0.05) is 6.04 Å². The van der Waals surface area contributed by atoms with E-state index in [9.17, 15) is 8.42 Å². The minimum absolute atomic E-state index is 0.0192. The molecular weight excluding hydrogens is 234 g/mol. The number of sulfone groups is 1. The molecule has 3 N–H and O–H groups in total. The predicted molar refractivity (Wildman–Crippen MR) is 61.8 cm³/mol. The van der Waals surface area contributed by atoms with Crippen LogP contribution in [0.25, 0.3) is 0 Å². The Morgan fingerprint density at radius 1 is 1.60 bits per heavy atom. The zero-order valence-electron chi connectivity index (χ0n) is 8.14. The molecule has 2 heterocycles. The van der Waals surface area contributed by atoms with Gasteiger partial charge in [-0.1, -0.05) is 11.3 Å². The molecular formula is C8H13N3O2S2. The van der Waals surface area contributed by atoms with Gasteiger partial charge in [-0.05, 0) is 12.8 Å². The van der Waals surface area contributed by atoms with E-state index in [0.717, 1.165) is 12.8 Å². The van der Waals surface area contributed by atoms with Crippen LogP contribution >= 0.6 is 11.3 Å². The number of hydrogen-bond donors (Lipinski definition) is 2. The highest BCUT2D eigenvalue weighted by Gasteiger charge is 2.24. The molecule has 7 heteroatoms. The number of aromatic nitrogens is 1. The first-order chi connectivity index (χ1) is 7.05.